The highest BCUT2D eigenvalue weighted by atomic mass is 35.5. The summed E-state index contributed by atoms with van der Waals surface area (Å²) in [7, 11) is 0. The van der Waals surface area contributed by atoms with Crippen molar-refractivity contribution in [2.75, 3.05) is 0 Å². The van der Waals surface area contributed by atoms with Gasteiger partial charge in [-0.2, -0.15) is 13.2 Å². The van der Waals surface area contributed by atoms with Gasteiger partial charge in [-0.25, -0.2) is 4.98 Å². The molecular weight excluding hydrogens is 429 g/mol. The molecule has 8 heteroatoms. The third kappa shape index (κ3) is 6.18. The Kier molecular flexibility index (Phi) is 7.18. The van der Waals surface area contributed by atoms with Crippen molar-refractivity contribution < 1.29 is 18.3 Å². The summed E-state index contributed by atoms with van der Waals surface area (Å²) >= 11 is 5.98. The molecule has 3 aromatic rings. The van der Waals surface area contributed by atoms with Gasteiger partial charge in [0.05, 0.1) is 18.8 Å². The van der Waals surface area contributed by atoms with Crippen LogP contribution in [0.4, 0.5) is 13.2 Å². The van der Waals surface area contributed by atoms with E-state index in [0.29, 0.717) is 21.8 Å². The first kappa shape index (κ1) is 23.0. The number of hydrogen-bond acceptors (Lipinski definition) is 3. The van der Waals surface area contributed by atoms with Crippen molar-refractivity contribution in [3.05, 3.63) is 86.4 Å². The Morgan fingerprint density at radius 2 is 1.90 bits per heavy atom. The predicted molar refractivity (Wildman–Crippen MR) is 114 cm³/mol. The SMILES string of the molecule is Cc1cccc(Cn2c(CCCC(F)(F)F)nc(-c3ccc(Cl)cc3CO)cc2=O)c1. The second-order valence-corrected chi connectivity index (χ2v) is 7.84. The zero-order valence-corrected chi connectivity index (χ0v) is 17.7. The molecule has 4 nitrogen and oxygen atoms in total. The van der Waals surface area contributed by atoms with Gasteiger partial charge in [-0.05, 0) is 36.6 Å². The standard InChI is InChI=1S/C23H22ClF3N2O2/c1-15-4-2-5-16(10-15)13-29-21(6-3-9-23(25,26)27)28-20(12-22(29)31)19-8-7-18(24)11-17(19)14-30/h2,4-5,7-8,10-12,30H,3,6,9,13-14H2,1H3. The van der Waals surface area contributed by atoms with Crippen LogP contribution in [0.5, 0.6) is 0 Å². The Morgan fingerprint density at radius 1 is 1.13 bits per heavy atom. The third-order valence-electron chi connectivity index (χ3n) is 4.88. The maximum atomic E-state index is 13.0. The Hall–Kier alpha value is -2.64. The lowest BCUT2D eigenvalue weighted by Gasteiger charge is -2.16. The number of halogens is 4. The average molecular weight is 451 g/mol. The van der Waals surface area contributed by atoms with Gasteiger partial charge in [-0.1, -0.05) is 47.5 Å². The highest BCUT2D eigenvalue weighted by Crippen LogP contribution is 2.26. The lowest BCUT2D eigenvalue weighted by molar-refractivity contribution is -0.135. The average Bonchev–Trinajstić information content (AvgIpc) is 2.69. The molecule has 1 aromatic heterocycles. The van der Waals surface area contributed by atoms with Crippen molar-refractivity contribution in [2.45, 2.75) is 45.5 Å². The molecule has 2 aromatic carbocycles. The normalized spacial score (nSPS) is 11.7. The second-order valence-electron chi connectivity index (χ2n) is 7.40. The minimum atomic E-state index is -4.28. The topological polar surface area (TPSA) is 55.1 Å². The second kappa shape index (κ2) is 9.66. The maximum Gasteiger partial charge on any atom is 0.389 e. The molecule has 0 spiro atoms. The van der Waals surface area contributed by atoms with Crippen LogP contribution in [0.2, 0.25) is 5.02 Å². The fourth-order valence-electron chi connectivity index (χ4n) is 3.43. The Labute approximate surface area is 183 Å². The van der Waals surface area contributed by atoms with E-state index in [9.17, 15) is 23.1 Å². The number of aliphatic hydroxyl groups excluding tert-OH is 1. The molecule has 0 aliphatic carbocycles. The number of aryl methyl sites for hydroxylation is 2. The number of aromatic nitrogens is 2. The molecule has 0 aliphatic rings. The minimum absolute atomic E-state index is 0.00352. The van der Waals surface area contributed by atoms with Gasteiger partial charge in [0.2, 0.25) is 0 Å². The summed E-state index contributed by atoms with van der Waals surface area (Å²) in [6, 6.07) is 13.7. The summed E-state index contributed by atoms with van der Waals surface area (Å²) in [5.74, 6) is 0.270. The van der Waals surface area contributed by atoms with Crippen LogP contribution in [0.3, 0.4) is 0 Å². The van der Waals surface area contributed by atoms with E-state index in [1.165, 1.54) is 10.6 Å². The summed E-state index contributed by atoms with van der Waals surface area (Å²) in [4.78, 5) is 17.5. The molecule has 1 N–H and O–H groups in total. The quantitative estimate of drug-likeness (QED) is 0.531. The van der Waals surface area contributed by atoms with Crippen LogP contribution < -0.4 is 5.56 Å². The number of nitrogens with zero attached hydrogens (tertiary/aromatic N) is 2. The first-order valence-electron chi connectivity index (χ1n) is 9.79. The van der Waals surface area contributed by atoms with Crippen LogP contribution in [0.15, 0.2) is 53.3 Å². The minimum Gasteiger partial charge on any atom is -0.392 e. The molecule has 164 valence electrons. The van der Waals surface area contributed by atoms with E-state index in [2.05, 4.69) is 4.98 Å². The molecule has 0 radical (unpaired) electrons. The van der Waals surface area contributed by atoms with Crippen LogP contribution >= 0.6 is 11.6 Å². The summed E-state index contributed by atoms with van der Waals surface area (Å²) in [5, 5.41) is 10.1. The highest BCUT2D eigenvalue weighted by Gasteiger charge is 2.26. The molecule has 0 bridgehead atoms. The van der Waals surface area contributed by atoms with Crippen molar-refractivity contribution >= 4 is 11.6 Å². The van der Waals surface area contributed by atoms with E-state index in [-0.39, 0.29) is 37.4 Å². The molecule has 0 fully saturated rings. The predicted octanol–water partition coefficient (Wildman–Crippen LogP) is 5.30. The summed E-state index contributed by atoms with van der Waals surface area (Å²) in [6.07, 6.45) is -5.42. The van der Waals surface area contributed by atoms with Crippen molar-refractivity contribution in [3.8, 4) is 11.3 Å². The van der Waals surface area contributed by atoms with Gasteiger partial charge in [0.1, 0.15) is 5.82 Å². The van der Waals surface area contributed by atoms with Gasteiger partial charge in [0, 0.05) is 29.5 Å². The lowest BCUT2D eigenvalue weighted by atomic mass is 10.0. The third-order valence-corrected chi connectivity index (χ3v) is 5.12. The van der Waals surface area contributed by atoms with Crippen LogP contribution in [0, 0.1) is 6.92 Å². The van der Waals surface area contributed by atoms with E-state index >= 15 is 0 Å². The van der Waals surface area contributed by atoms with Gasteiger partial charge in [-0.3, -0.25) is 9.36 Å². The number of benzene rings is 2. The molecule has 3 rings (SSSR count). The van der Waals surface area contributed by atoms with Gasteiger partial charge in [0.25, 0.3) is 5.56 Å². The first-order chi connectivity index (χ1) is 14.7. The lowest BCUT2D eigenvalue weighted by Crippen LogP contribution is -2.26. The highest BCUT2D eigenvalue weighted by molar-refractivity contribution is 6.30. The number of aliphatic hydroxyl groups is 1. The van der Waals surface area contributed by atoms with E-state index in [1.54, 1.807) is 18.2 Å². The van der Waals surface area contributed by atoms with Crippen LogP contribution in [0.25, 0.3) is 11.3 Å². The molecule has 0 amide bonds. The molecule has 0 aliphatic heterocycles. The van der Waals surface area contributed by atoms with E-state index < -0.39 is 12.6 Å². The Morgan fingerprint density at radius 3 is 2.58 bits per heavy atom. The molecule has 0 saturated heterocycles. The Balaban J connectivity index is 2.04. The molecule has 0 atom stereocenters. The maximum absolute atomic E-state index is 13.0. The Bertz CT molecular complexity index is 1130. The number of alkyl halides is 3. The molecular formula is C23H22ClF3N2O2. The van der Waals surface area contributed by atoms with Gasteiger partial charge >= 0.3 is 6.18 Å². The number of hydrogen-bond donors (Lipinski definition) is 1. The summed E-state index contributed by atoms with van der Waals surface area (Å²) < 4.78 is 39.4. The fraction of sp³-hybridized carbons (Fsp3) is 0.304. The zero-order chi connectivity index (χ0) is 22.6. The van der Waals surface area contributed by atoms with Crippen LogP contribution in [-0.4, -0.2) is 20.8 Å². The van der Waals surface area contributed by atoms with E-state index in [4.69, 9.17) is 11.6 Å². The van der Waals surface area contributed by atoms with Crippen molar-refractivity contribution in [3.63, 3.8) is 0 Å². The van der Waals surface area contributed by atoms with Crippen molar-refractivity contribution in [2.24, 2.45) is 0 Å². The molecule has 1 heterocycles. The van der Waals surface area contributed by atoms with Gasteiger partial charge in [0.15, 0.2) is 0 Å². The molecule has 0 saturated carbocycles. The van der Waals surface area contributed by atoms with Gasteiger partial charge in [-0.15, -0.1) is 0 Å². The molecule has 0 unspecified atom stereocenters. The van der Waals surface area contributed by atoms with E-state index in [0.717, 1.165) is 11.1 Å². The van der Waals surface area contributed by atoms with Crippen molar-refractivity contribution in [1.82, 2.24) is 9.55 Å². The van der Waals surface area contributed by atoms with Crippen LogP contribution in [-0.2, 0) is 19.6 Å². The molecule has 31 heavy (non-hydrogen) atoms. The zero-order valence-electron chi connectivity index (χ0n) is 16.9. The van der Waals surface area contributed by atoms with Crippen molar-refractivity contribution in [1.29, 1.82) is 0 Å². The largest absolute Gasteiger partial charge is 0.392 e. The summed E-state index contributed by atoms with van der Waals surface area (Å²) in [5.41, 5.74) is 2.81. The fourth-order valence-corrected chi connectivity index (χ4v) is 3.63. The number of rotatable bonds is 7. The smallest absolute Gasteiger partial charge is 0.389 e. The first-order valence-corrected chi connectivity index (χ1v) is 10.2. The van der Waals surface area contributed by atoms with Gasteiger partial charge < -0.3 is 5.11 Å². The van der Waals surface area contributed by atoms with Crippen LogP contribution in [0.1, 0.15) is 35.4 Å². The van der Waals surface area contributed by atoms with E-state index in [1.807, 2.05) is 31.2 Å². The summed E-state index contributed by atoms with van der Waals surface area (Å²) in [6.45, 7) is 1.82. The monoisotopic (exact) mass is 450 g/mol.